The van der Waals surface area contributed by atoms with Gasteiger partial charge in [0.25, 0.3) is 0 Å². The molecule has 0 aromatic carbocycles. The fourth-order valence-corrected chi connectivity index (χ4v) is 3.25. The minimum atomic E-state index is -3.79. The molecule has 0 aliphatic heterocycles. The molecular weight excluding hydrogens is 326 g/mol. The van der Waals surface area contributed by atoms with E-state index in [-0.39, 0.29) is 21.5 Å². The second-order valence-corrected chi connectivity index (χ2v) is 7.39. The van der Waals surface area contributed by atoms with Crippen LogP contribution in [0.2, 0.25) is 0 Å². The van der Waals surface area contributed by atoms with Crippen molar-refractivity contribution in [3.63, 3.8) is 0 Å². The minimum absolute atomic E-state index is 0.124. The van der Waals surface area contributed by atoms with Gasteiger partial charge in [0.1, 0.15) is 4.90 Å². The number of hydrogen-bond donors (Lipinski definition) is 2. The molecule has 6 nitrogen and oxygen atoms in total. The Balaban J connectivity index is 3.02. The Morgan fingerprint density at radius 3 is 2.44 bits per heavy atom. The van der Waals surface area contributed by atoms with E-state index in [1.165, 1.54) is 0 Å². The largest absolute Gasteiger partial charge is 0.475 e. The number of rotatable bonds is 4. The van der Waals surface area contributed by atoms with E-state index in [9.17, 15) is 13.2 Å². The number of carboxylic acid groups (broad SMARTS) is 1. The third-order valence-corrected chi connectivity index (χ3v) is 4.21. The van der Waals surface area contributed by atoms with Crippen LogP contribution >= 0.6 is 15.9 Å². The molecule has 0 unspecified atom stereocenters. The first kappa shape index (κ1) is 15.2. The van der Waals surface area contributed by atoms with Gasteiger partial charge in [0.05, 0.1) is 0 Å². The molecule has 102 valence electrons. The van der Waals surface area contributed by atoms with Crippen LogP contribution in [0, 0.1) is 5.41 Å². The number of nitrogens with one attached hydrogen (secondary N) is 1. The van der Waals surface area contributed by atoms with Crippen LogP contribution < -0.4 is 4.72 Å². The maximum atomic E-state index is 11.9. The maximum Gasteiger partial charge on any atom is 0.371 e. The van der Waals surface area contributed by atoms with Gasteiger partial charge in [-0.1, -0.05) is 20.8 Å². The van der Waals surface area contributed by atoms with Crippen LogP contribution in [0.5, 0.6) is 0 Å². The Kier molecular flexibility index (Phi) is 4.24. The Bertz CT molecular complexity index is 555. The minimum Gasteiger partial charge on any atom is -0.475 e. The molecule has 0 saturated heterocycles. The summed E-state index contributed by atoms with van der Waals surface area (Å²) in [5, 5.41) is 8.72. The van der Waals surface area contributed by atoms with E-state index in [0.29, 0.717) is 0 Å². The highest BCUT2D eigenvalue weighted by Gasteiger charge is 2.26. The van der Waals surface area contributed by atoms with Crippen LogP contribution in [-0.2, 0) is 10.0 Å². The molecule has 0 spiro atoms. The number of hydrogen-bond acceptors (Lipinski definition) is 4. The number of sulfonamides is 1. The lowest BCUT2D eigenvalue weighted by Crippen LogP contribution is -2.32. The summed E-state index contributed by atoms with van der Waals surface area (Å²) < 4.78 is 30.9. The van der Waals surface area contributed by atoms with Crippen molar-refractivity contribution >= 4 is 31.9 Å². The van der Waals surface area contributed by atoms with Gasteiger partial charge in [0, 0.05) is 12.6 Å². The molecule has 8 heteroatoms. The summed E-state index contributed by atoms with van der Waals surface area (Å²) in [4.78, 5) is 10.5. The summed E-state index contributed by atoms with van der Waals surface area (Å²) in [6.45, 7) is 5.86. The van der Waals surface area contributed by atoms with Gasteiger partial charge >= 0.3 is 5.97 Å². The second-order valence-electron chi connectivity index (χ2n) is 4.94. The molecular formula is C10H14BrNO5S. The molecule has 18 heavy (non-hydrogen) atoms. The van der Waals surface area contributed by atoms with E-state index in [2.05, 4.69) is 20.7 Å². The highest BCUT2D eigenvalue weighted by Crippen LogP contribution is 2.26. The van der Waals surface area contributed by atoms with Crippen molar-refractivity contribution in [2.45, 2.75) is 25.7 Å². The summed E-state index contributed by atoms with van der Waals surface area (Å²) in [5.74, 6) is -1.76. The Hall–Kier alpha value is -0.860. The van der Waals surface area contributed by atoms with Crippen molar-refractivity contribution in [1.82, 2.24) is 4.72 Å². The molecule has 0 saturated carbocycles. The fourth-order valence-electron chi connectivity index (χ4n) is 1.03. The first-order valence-corrected chi connectivity index (χ1v) is 7.33. The lowest BCUT2D eigenvalue weighted by atomic mass is 9.98. The van der Waals surface area contributed by atoms with Crippen LogP contribution in [0.25, 0.3) is 0 Å². The lowest BCUT2D eigenvalue weighted by Gasteiger charge is -2.18. The van der Waals surface area contributed by atoms with Crippen molar-refractivity contribution < 1.29 is 22.7 Å². The normalized spacial score (nSPS) is 12.7. The molecule has 1 heterocycles. The predicted molar refractivity (Wildman–Crippen MR) is 68.0 cm³/mol. The van der Waals surface area contributed by atoms with Crippen LogP contribution in [0.3, 0.4) is 0 Å². The van der Waals surface area contributed by atoms with Gasteiger partial charge in [-0.25, -0.2) is 17.9 Å². The molecule has 0 atom stereocenters. The molecule has 0 amide bonds. The van der Waals surface area contributed by atoms with Crippen molar-refractivity contribution in [3.8, 4) is 0 Å². The van der Waals surface area contributed by atoms with Gasteiger partial charge < -0.3 is 9.52 Å². The molecule has 0 aliphatic rings. The molecule has 1 rings (SSSR count). The monoisotopic (exact) mass is 339 g/mol. The average molecular weight is 340 g/mol. The van der Waals surface area contributed by atoms with Crippen LogP contribution in [-0.4, -0.2) is 26.0 Å². The molecule has 0 radical (unpaired) electrons. The van der Waals surface area contributed by atoms with E-state index in [1.54, 1.807) is 0 Å². The van der Waals surface area contributed by atoms with Gasteiger partial charge in [-0.3, -0.25) is 0 Å². The van der Waals surface area contributed by atoms with E-state index >= 15 is 0 Å². The zero-order valence-corrected chi connectivity index (χ0v) is 12.6. The third-order valence-electron chi connectivity index (χ3n) is 1.95. The summed E-state index contributed by atoms with van der Waals surface area (Å²) >= 11 is 2.89. The molecule has 1 aromatic rings. The van der Waals surface area contributed by atoms with Crippen LogP contribution in [0.4, 0.5) is 0 Å². The van der Waals surface area contributed by atoms with Gasteiger partial charge in [0.15, 0.2) is 4.67 Å². The summed E-state index contributed by atoms with van der Waals surface area (Å²) in [7, 11) is -3.79. The highest BCUT2D eigenvalue weighted by molar-refractivity contribution is 9.10. The zero-order chi connectivity index (χ0) is 14.1. The number of halogens is 1. The van der Waals surface area contributed by atoms with Crippen molar-refractivity contribution in [2.24, 2.45) is 5.41 Å². The average Bonchev–Trinajstić information content (AvgIpc) is 2.57. The number of aromatic carboxylic acids is 1. The van der Waals surface area contributed by atoms with Crippen molar-refractivity contribution in [2.75, 3.05) is 6.54 Å². The quantitative estimate of drug-likeness (QED) is 0.875. The van der Waals surface area contributed by atoms with Crippen molar-refractivity contribution in [1.29, 1.82) is 0 Å². The molecule has 1 aromatic heterocycles. The van der Waals surface area contributed by atoms with Crippen LogP contribution in [0.1, 0.15) is 31.3 Å². The first-order chi connectivity index (χ1) is 8.03. The SMILES string of the molecule is CC(C)(C)CNS(=O)(=O)c1cc(C(=O)O)oc1Br. The number of furan rings is 1. The highest BCUT2D eigenvalue weighted by atomic mass is 79.9. The third kappa shape index (κ3) is 3.82. The van der Waals surface area contributed by atoms with Gasteiger partial charge in [-0.05, 0) is 21.3 Å². The number of carboxylic acids is 1. The Morgan fingerprint density at radius 2 is 2.06 bits per heavy atom. The predicted octanol–water partition coefficient (Wildman–Crippen LogP) is 2.06. The second kappa shape index (κ2) is 5.02. The fraction of sp³-hybridized carbons (Fsp3) is 0.500. The van der Waals surface area contributed by atoms with Crippen LogP contribution in [0.15, 0.2) is 20.0 Å². The molecule has 0 fully saturated rings. The topological polar surface area (TPSA) is 96.6 Å². The lowest BCUT2D eigenvalue weighted by molar-refractivity contribution is 0.0661. The molecule has 2 N–H and O–H groups in total. The van der Waals surface area contributed by atoms with Gasteiger partial charge in [0.2, 0.25) is 15.8 Å². The van der Waals surface area contributed by atoms with Gasteiger partial charge in [-0.15, -0.1) is 0 Å². The zero-order valence-electron chi connectivity index (χ0n) is 10.2. The van der Waals surface area contributed by atoms with Crippen molar-refractivity contribution in [3.05, 3.63) is 16.5 Å². The standard InChI is InChI=1S/C10H14BrNO5S/c1-10(2,3)5-12-18(15,16)7-4-6(9(13)14)17-8(7)11/h4,12H,5H2,1-3H3,(H,13,14). The van der Waals surface area contributed by atoms with Gasteiger partial charge in [-0.2, -0.15) is 0 Å². The van der Waals surface area contributed by atoms with E-state index in [1.807, 2.05) is 20.8 Å². The van der Waals surface area contributed by atoms with E-state index in [4.69, 9.17) is 9.52 Å². The summed E-state index contributed by atoms with van der Waals surface area (Å²) in [5.41, 5.74) is -0.223. The van der Waals surface area contributed by atoms with E-state index in [0.717, 1.165) is 6.07 Å². The molecule has 0 aliphatic carbocycles. The maximum absolute atomic E-state index is 11.9. The Morgan fingerprint density at radius 1 is 1.50 bits per heavy atom. The first-order valence-electron chi connectivity index (χ1n) is 5.05. The van der Waals surface area contributed by atoms with E-state index < -0.39 is 21.8 Å². The summed E-state index contributed by atoms with van der Waals surface area (Å²) in [6.07, 6.45) is 0. The smallest absolute Gasteiger partial charge is 0.371 e. The Labute approximate surface area is 114 Å². The summed E-state index contributed by atoms with van der Waals surface area (Å²) in [6, 6.07) is 0.970. The number of carbonyl (C=O) groups is 1. The molecule has 0 bridgehead atoms.